The Labute approximate surface area is 185 Å². The largest absolute Gasteiger partial charge is 0.455 e. The van der Waals surface area contributed by atoms with Crippen LogP contribution in [0.2, 0.25) is 10.0 Å². The fourth-order valence-electron chi connectivity index (χ4n) is 2.48. The molecule has 0 bridgehead atoms. The fourth-order valence-corrected chi connectivity index (χ4v) is 3.84. The van der Waals surface area contributed by atoms with Gasteiger partial charge in [-0.3, -0.25) is 9.59 Å². The fraction of sp³-hybridized carbons (Fsp3) is 0.300. The average Bonchev–Trinajstić information content (AvgIpc) is 2.68. The van der Waals surface area contributed by atoms with Crippen molar-refractivity contribution >= 4 is 45.1 Å². The molecule has 1 amide bonds. The van der Waals surface area contributed by atoms with Crippen LogP contribution in [0.5, 0.6) is 0 Å². The molecular weight excluding hydrogens is 451 g/mol. The zero-order valence-corrected chi connectivity index (χ0v) is 19.0. The van der Waals surface area contributed by atoms with E-state index in [4.69, 9.17) is 27.9 Å². The minimum atomic E-state index is -3.99. The summed E-state index contributed by atoms with van der Waals surface area (Å²) in [7, 11) is -3.99. The van der Waals surface area contributed by atoms with E-state index in [1.54, 1.807) is 0 Å². The number of nitrogens with one attached hydrogen (secondary N) is 2. The molecule has 2 aromatic rings. The van der Waals surface area contributed by atoms with Gasteiger partial charge in [-0.2, -0.15) is 4.72 Å². The van der Waals surface area contributed by atoms with Crippen molar-refractivity contribution in [1.29, 1.82) is 0 Å². The number of rotatable bonds is 8. The standard InChI is InChI=1S/C20H22Cl2N2O5S/c1-12-4-5-15(8-13(12)2)14(3)24-19(25)11-29-20(26)10-23-30(27,28)16-6-7-17(21)18(22)9-16/h4-9,14,23H,10-11H2,1-3H3,(H,24,25). The first-order valence-corrected chi connectivity index (χ1v) is 11.2. The van der Waals surface area contributed by atoms with E-state index in [-0.39, 0.29) is 21.0 Å². The first-order chi connectivity index (χ1) is 14.0. The highest BCUT2D eigenvalue weighted by Crippen LogP contribution is 2.24. The summed E-state index contributed by atoms with van der Waals surface area (Å²) in [5.41, 5.74) is 3.18. The Hall–Kier alpha value is -2.13. The van der Waals surface area contributed by atoms with Crippen LogP contribution in [-0.2, 0) is 24.3 Å². The third-order valence-corrected chi connectivity index (χ3v) is 6.52. The van der Waals surface area contributed by atoms with E-state index in [1.165, 1.54) is 18.2 Å². The number of sulfonamides is 1. The maximum atomic E-state index is 12.2. The summed E-state index contributed by atoms with van der Waals surface area (Å²) in [4.78, 5) is 23.7. The highest BCUT2D eigenvalue weighted by Gasteiger charge is 2.18. The van der Waals surface area contributed by atoms with Crippen LogP contribution in [0.1, 0.15) is 29.7 Å². The second-order valence-electron chi connectivity index (χ2n) is 6.69. The Kier molecular flexibility index (Phi) is 8.25. The molecule has 0 aliphatic rings. The predicted molar refractivity (Wildman–Crippen MR) is 115 cm³/mol. The summed E-state index contributed by atoms with van der Waals surface area (Å²) in [6.07, 6.45) is 0. The lowest BCUT2D eigenvalue weighted by Gasteiger charge is -2.16. The molecule has 0 saturated carbocycles. The van der Waals surface area contributed by atoms with Crippen molar-refractivity contribution in [2.75, 3.05) is 13.2 Å². The number of aryl methyl sites for hydroxylation is 2. The summed E-state index contributed by atoms with van der Waals surface area (Å²) >= 11 is 11.6. The number of hydrogen-bond acceptors (Lipinski definition) is 5. The number of benzene rings is 2. The van der Waals surface area contributed by atoms with E-state index in [0.717, 1.165) is 16.7 Å². The third kappa shape index (κ3) is 6.70. The maximum Gasteiger partial charge on any atom is 0.321 e. The lowest BCUT2D eigenvalue weighted by atomic mass is 10.0. The molecule has 0 fully saturated rings. The lowest BCUT2D eigenvalue weighted by molar-refractivity contribution is -0.147. The van der Waals surface area contributed by atoms with Gasteiger partial charge in [0.2, 0.25) is 10.0 Å². The van der Waals surface area contributed by atoms with Gasteiger partial charge in [0.1, 0.15) is 6.54 Å². The molecule has 0 aliphatic carbocycles. The minimum Gasteiger partial charge on any atom is -0.455 e. The zero-order chi connectivity index (χ0) is 22.5. The van der Waals surface area contributed by atoms with Crippen LogP contribution in [0.4, 0.5) is 0 Å². The molecule has 7 nitrogen and oxygen atoms in total. The average molecular weight is 473 g/mol. The molecule has 0 spiro atoms. The van der Waals surface area contributed by atoms with Crippen molar-refractivity contribution < 1.29 is 22.7 Å². The SMILES string of the molecule is Cc1ccc(C(C)NC(=O)COC(=O)CNS(=O)(=O)c2ccc(Cl)c(Cl)c2)cc1C. The molecule has 0 aromatic heterocycles. The van der Waals surface area contributed by atoms with Crippen molar-refractivity contribution in [1.82, 2.24) is 10.0 Å². The Morgan fingerprint density at radius 2 is 1.73 bits per heavy atom. The summed E-state index contributed by atoms with van der Waals surface area (Å²) in [6, 6.07) is 9.33. The number of ether oxygens (including phenoxy) is 1. The number of halogens is 2. The number of esters is 1. The van der Waals surface area contributed by atoms with E-state index in [1.807, 2.05) is 39.0 Å². The van der Waals surface area contributed by atoms with Gasteiger partial charge < -0.3 is 10.1 Å². The molecular formula is C20H22Cl2N2O5S. The zero-order valence-electron chi connectivity index (χ0n) is 16.7. The van der Waals surface area contributed by atoms with Gasteiger partial charge in [-0.1, -0.05) is 41.4 Å². The molecule has 2 N–H and O–H groups in total. The van der Waals surface area contributed by atoms with Gasteiger partial charge in [0.25, 0.3) is 5.91 Å². The van der Waals surface area contributed by atoms with Gasteiger partial charge in [0.05, 0.1) is 21.0 Å². The second kappa shape index (κ2) is 10.3. The Morgan fingerprint density at radius 1 is 1.03 bits per heavy atom. The van der Waals surface area contributed by atoms with Gasteiger partial charge in [0.15, 0.2) is 6.61 Å². The Bertz CT molecular complexity index is 1060. The quantitative estimate of drug-likeness (QED) is 0.573. The molecule has 2 rings (SSSR count). The highest BCUT2D eigenvalue weighted by atomic mass is 35.5. The van der Waals surface area contributed by atoms with Crippen LogP contribution in [0.15, 0.2) is 41.3 Å². The molecule has 0 saturated heterocycles. The van der Waals surface area contributed by atoms with Crippen molar-refractivity contribution in [3.63, 3.8) is 0 Å². The first kappa shape index (κ1) is 24.1. The number of amides is 1. The van der Waals surface area contributed by atoms with E-state index >= 15 is 0 Å². The molecule has 1 unspecified atom stereocenters. The van der Waals surface area contributed by atoms with Crippen LogP contribution in [0.3, 0.4) is 0 Å². The van der Waals surface area contributed by atoms with E-state index in [9.17, 15) is 18.0 Å². The predicted octanol–water partition coefficient (Wildman–Crippen LogP) is 3.31. The van der Waals surface area contributed by atoms with Gasteiger partial charge in [-0.05, 0) is 55.7 Å². The molecule has 162 valence electrons. The first-order valence-electron chi connectivity index (χ1n) is 8.96. The molecule has 2 aromatic carbocycles. The topological polar surface area (TPSA) is 102 Å². The van der Waals surface area contributed by atoms with Gasteiger partial charge in [-0.15, -0.1) is 0 Å². The van der Waals surface area contributed by atoms with Crippen molar-refractivity contribution in [3.8, 4) is 0 Å². The summed E-state index contributed by atoms with van der Waals surface area (Å²) in [5, 5.41) is 3.00. The van der Waals surface area contributed by atoms with Crippen LogP contribution >= 0.6 is 23.2 Å². The normalized spacial score (nSPS) is 12.3. The maximum absolute atomic E-state index is 12.2. The molecule has 30 heavy (non-hydrogen) atoms. The summed E-state index contributed by atoms with van der Waals surface area (Å²) in [5.74, 6) is -1.39. The summed E-state index contributed by atoms with van der Waals surface area (Å²) in [6.45, 7) is 4.63. The van der Waals surface area contributed by atoms with E-state index in [2.05, 4.69) is 10.0 Å². The second-order valence-corrected chi connectivity index (χ2v) is 9.28. The van der Waals surface area contributed by atoms with Crippen LogP contribution < -0.4 is 10.0 Å². The van der Waals surface area contributed by atoms with E-state index in [0.29, 0.717) is 0 Å². The molecule has 10 heteroatoms. The van der Waals surface area contributed by atoms with Crippen molar-refractivity contribution in [2.24, 2.45) is 0 Å². The van der Waals surface area contributed by atoms with Gasteiger partial charge in [-0.25, -0.2) is 8.42 Å². The monoisotopic (exact) mass is 472 g/mol. The molecule has 0 heterocycles. The van der Waals surface area contributed by atoms with E-state index < -0.39 is 35.1 Å². The molecule has 1 atom stereocenters. The van der Waals surface area contributed by atoms with Crippen molar-refractivity contribution in [2.45, 2.75) is 31.7 Å². The van der Waals surface area contributed by atoms with Crippen LogP contribution in [0.25, 0.3) is 0 Å². The highest BCUT2D eigenvalue weighted by molar-refractivity contribution is 7.89. The van der Waals surface area contributed by atoms with Crippen LogP contribution in [0, 0.1) is 13.8 Å². The number of carbonyl (C=O) groups is 2. The van der Waals surface area contributed by atoms with Crippen molar-refractivity contribution in [3.05, 3.63) is 63.1 Å². The van der Waals surface area contributed by atoms with Gasteiger partial charge >= 0.3 is 5.97 Å². The smallest absolute Gasteiger partial charge is 0.321 e. The minimum absolute atomic E-state index is 0.0664. The lowest BCUT2D eigenvalue weighted by Crippen LogP contribution is -2.34. The van der Waals surface area contributed by atoms with Crippen LogP contribution in [-0.4, -0.2) is 33.4 Å². The molecule has 0 radical (unpaired) electrons. The Balaban J connectivity index is 1.82. The number of hydrogen-bond donors (Lipinski definition) is 2. The number of carbonyl (C=O) groups excluding carboxylic acids is 2. The Morgan fingerprint density at radius 3 is 2.37 bits per heavy atom. The third-order valence-electron chi connectivity index (χ3n) is 4.38. The molecule has 0 aliphatic heterocycles. The van der Waals surface area contributed by atoms with Gasteiger partial charge in [0, 0.05) is 0 Å². The summed E-state index contributed by atoms with van der Waals surface area (Å²) < 4.78 is 31.3.